The number of rotatable bonds is 3. The van der Waals surface area contributed by atoms with Gasteiger partial charge >= 0.3 is 0 Å². The molecule has 5 heteroatoms. The average Bonchev–Trinajstić information content (AvgIpc) is 2.72. The molecule has 3 nitrogen and oxygen atoms in total. The zero-order valence-electron chi connectivity index (χ0n) is 9.40. The van der Waals surface area contributed by atoms with E-state index in [-0.39, 0.29) is 18.0 Å². The summed E-state index contributed by atoms with van der Waals surface area (Å²) in [7, 11) is 1.78. The van der Waals surface area contributed by atoms with E-state index >= 15 is 0 Å². The zero-order chi connectivity index (χ0) is 12.4. The van der Waals surface area contributed by atoms with Crippen molar-refractivity contribution in [3.05, 3.63) is 53.4 Å². The molecule has 0 bridgehead atoms. The molecule has 0 aliphatic heterocycles. The van der Waals surface area contributed by atoms with Gasteiger partial charge in [-0.1, -0.05) is 12.1 Å². The molecule has 1 atom stereocenters. The van der Waals surface area contributed by atoms with Gasteiger partial charge in [0.1, 0.15) is 0 Å². The molecule has 0 radical (unpaired) electrons. The minimum atomic E-state index is -0.846. The molecule has 0 saturated carbocycles. The van der Waals surface area contributed by atoms with Crippen LogP contribution >= 0.6 is 0 Å². The maximum absolute atomic E-state index is 13.4. The SMILES string of the molecule is Cn1cc(C(N)Cc2cccc(F)c2F)cn1. The van der Waals surface area contributed by atoms with Gasteiger partial charge in [-0.3, -0.25) is 4.68 Å². The summed E-state index contributed by atoms with van der Waals surface area (Å²) >= 11 is 0. The van der Waals surface area contributed by atoms with Crippen LogP contribution in [0.2, 0.25) is 0 Å². The van der Waals surface area contributed by atoms with Crippen molar-refractivity contribution in [1.82, 2.24) is 9.78 Å². The molecule has 0 aliphatic carbocycles. The van der Waals surface area contributed by atoms with Crippen LogP contribution < -0.4 is 5.73 Å². The lowest BCUT2D eigenvalue weighted by Gasteiger charge is -2.10. The van der Waals surface area contributed by atoms with Gasteiger partial charge in [0, 0.05) is 24.8 Å². The number of halogens is 2. The van der Waals surface area contributed by atoms with E-state index in [4.69, 9.17) is 5.73 Å². The largest absolute Gasteiger partial charge is 0.324 e. The zero-order valence-corrected chi connectivity index (χ0v) is 9.40. The van der Waals surface area contributed by atoms with Crippen LogP contribution in [0.4, 0.5) is 8.78 Å². The first-order valence-corrected chi connectivity index (χ1v) is 5.25. The first-order valence-electron chi connectivity index (χ1n) is 5.25. The third-order valence-electron chi connectivity index (χ3n) is 2.62. The van der Waals surface area contributed by atoms with Crippen molar-refractivity contribution in [2.24, 2.45) is 12.8 Å². The van der Waals surface area contributed by atoms with Gasteiger partial charge in [0.25, 0.3) is 0 Å². The molecule has 1 aromatic carbocycles. The van der Waals surface area contributed by atoms with Gasteiger partial charge in [0.05, 0.1) is 6.20 Å². The Hall–Kier alpha value is -1.75. The number of hydrogen-bond acceptors (Lipinski definition) is 2. The van der Waals surface area contributed by atoms with Crippen molar-refractivity contribution < 1.29 is 8.78 Å². The molecule has 90 valence electrons. The van der Waals surface area contributed by atoms with E-state index in [0.717, 1.165) is 11.6 Å². The molecule has 0 spiro atoms. The molecular formula is C12H13F2N3. The van der Waals surface area contributed by atoms with E-state index < -0.39 is 11.6 Å². The van der Waals surface area contributed by atoms with Gasteiger partial charge in [-0.05, 0) is 18.1 Å². The summed E-state index contributed by atoms with van der Waals surface area (Å²) < 4.78 is 28.1. The molecule has 0 amide bonds. The van der Waals surface area contributed by atoms with Gasteiger partial charge in [-0.25, -0.2) is 8.78 Å². The third kappa shape index (κ3) is 2.50. The van der Waals surface area contributed by atoms with Crippen LogP contribution in [0.15, 0.2) is 30.6 Å². The van der Waals surface area contributed by atoms with Crippen LogP contribution in [-0.4, -0.2) is 9.78 Å². The Morgan fingerprint density at radius 2 is 2.18 bits per heavy atom. The van der Waals surface area contributed by atoms with Crippen molar-refractivity contribution in [2.75, 3.05) is 0 Å². The Balaban J connectivity index is 2.18. The van der Waals surface area contributed by atoms with Crippen molar-refractivity contribution in [3.8, 4) is 0 Å². The Kier molecular flexibility index (Phi) is 3.19. The van der Waals surface area contributed by atoms with Crippen LogP contribution in [-0.2, 0) is 13.5 Å². The van der Waals surface area contributed by atoms with E-state index in [9.17, 15) is 8.78 Å². The average molecular weight is 237 g/mol. The van der Waals surface area contributed by atoms with Gasteiger partial charge in [0.2, 0.25) is 0 Å². The molecule has 1 unspecified atom stereocenters. The Morgan fingerprint density at radius 3 is 2.82 bits per heavy atom. The highest BCUT2D eigenvalue weighted by atomic mass is 19.2. The van der Waals surface area contributed by atoms with Crippen molar-refractivity contribution >= 4 is 0 Å². The number of benzene rings is 1. The number of nitrogens with two attached hydrogens (primary N) is 1. The number of nitrogens with zero attached hydrogens (tertiary/aromatic N) is 2. The second-order valence-corrected chi connectivity index (χ2v) is 3.97. The lowest BCUT2D eigenvalue weighted by molar-refractivity contribution is 0.494. The first kappa shape index (κ1) is 11.7. The standard InChI is InChI=1S/C12H13F2N3/c1-17-7-9(6-16-17)11(15)5-8-3-2-4-10(13)12(8)14/h2-4,6-7,11H,5,15H2,1H3. The maximum Gasteiger partial charge on any atom is 0.162 e. The van der Waals surface area contributed by atoms with E-state index in [0.29, 0.717) is 0 Å². The van der Waals surface area contributed by atoms with Crippen molar-refractivity contribution in [2.45, 2.75) is 12.5 Å². The predicted molar refractivity (Wildman–Crippen MR) is 60.2 cm³/mol. The summed E-state index contributed by atoms with van der Waals surface area (Å²) in [5, 5.41) is 3.99. The minimum absolute atomic E-state index is 0.245. The number of hydrogen-bond donors (Lipinski definition) is 1. The third-order valence-corrected chi connectivity index (χ3v) is 2.62. The minimum Gasteiger partial charge on any atom is -0.324 e. The highest BCUT2D eigenvalue weighted by molar-refractivity contribution is 5.22. The van der Waals surface area contributed by atoms with Crippen LogP contribution in [0.5, 0.6) is 0 Å². The van der Waals surface area contributed by atoms with Crippen molar-refractivity contribution in [1.29, 1.82) is 0 Å². The molecule has 2 N–H and O–H groups in total. The van der Waals surface area contributed by atoms with Crippen molar-refractivity contribution in [3.63, 3.8) is 0 Å². The molecule has 17 heavy (non-hydrogen) atoms. The van der Waals surface area contributed by atoms with E-state index in [2.05, 4.69) is 5.10 Å². The summed E-state index contributed by atoms with van der Waals surface area (Å²) in [6, 6.07) is 3.72. The van der Waals surface area contributed by atoms with E-state index in [1.165, 1.54) is 12.1 Å². The van der Waals surface area contributed by atoms with E-state index in [1.54, 1.807) is 24.1 Å². The van der Waals surface area contributed by atoms with Crippen LogP contribution in [0.3, 0.4) is 0 Å². The first-order chi connectivity index (χ1) is 8.08. The maximum atomic E-state index is 13.4. The molecule has 2 rings (SSSR count). The molecule has 1 aromatic heterocycles. The van der Waals surface area contributed by atoms with Gasteiger partial charge in [-0.15, -0.1) is 0 Å². The van der Waals surface area contributed by atoms with Gasteiger partial charge in [-0.2, -0.15) is 5.10 Å². The summed E-state index contributed by atoms with van der Waals surface area (Å²) in [4.78, 5) is 0. The summed E-state index contributed by atoms with van der Waals surface area (Å²) in [6.07, 6.45) is 3.64. The quantitative estimate of drug-likeness (QED) is 0.886. The van der Waals surface area contributed by atoms with E-state index in [1.807, 2.05) is 0 Å². The highest BCUT2D eigenvalue weighted by Crippen LogP contribution is 2.19. The smallest absolute Gasteiger partial charge is 0.162 e. The lowest BCUT2D eigenvalue weighted by atomic mass is 10.0. The Bertz CT molecular complexity index is 522. The van der Waals surface area contributed by atoms with Crippen LogP contribution in [0, 0.1) is 11.6 Å². The fourth-order valence-electron chi connectivity index (χ4n) is 1.69. The number of aromatic nitrogens is 2. The fourth-order valence-corrected chi connectivity index (χ4v) is 1.69. The molecule has 1 heterocycles. The normalized spacial score (nSPS) is 12.7. The molecule has 0 aliphatic rings. The van der Waals surface area contributed by atoms with Crippen LogP contribution in [0.25, 0.3) is 0 Å². The molecule has 0 saturated heterocycles. The van der Waals surface area contributed by atoms with Crippen LogP contribution in [0.1, 0.15) is 17.2 Å². The second-order valence-electron chi connectivity index (χ2n) is 3.97. The predicted octanol–water partition coefficient (Wildman–Crippen LogP) is 1.94. The molecule has 2 aromatic rings. The second kappa shape index (κ2) is 4.63. The topological polar surface area (TPSA) is 43.8 Å². The Labute approximate surface area is 97.9 Å². The summed E-state index contributed by atoms with van der Waals surface area (Å²) in [5.41, 5.74) is 7.00. The summed E-state index contributed by atoms with van der Waals surface area (Å²) in [5.74, 6) is -1.67. The monoisotopic (exact) mass is 237 g/mol. The molecular weight excluding hydrogens is 224 g/mol. The van der Waals surface area contributed by atoms with Gasteiger partial charge < -0.3 is 5.73 Å². The molecule has 0 fully saturated rings. The number of aryl methyl sites for hydroxylation is 1. The summed E-state index contributed by atoms with van der Waals surface area (Å²) in [6.45, 7) is 0. The highest BCUT2D eigenvalue weighted by Gasteiger charge is 2.13. The Morgan fingerprint density at radius 1 is 1.41 bits per heavy atom. The fraction of sp³-hybridized carbons (Fsp3) is 0.250. The van der Waals surface area contributed by atoms with Gasteiger partial charge in [0.15, 0.2) is 11.6 Å². The lowest BCUT2D eigenvalue weighted by Crippen LogP contribution is -2.14.